The maximum Gasteiger partial charge on any atom is 0.247 e. The average Bonchev–Trinajstić information content (AvgIpc) is 3.08. The monoisotopic (exact) mass is 323 g/mol. The van der Waals surface area contributed by atoms with Crippen molar-refractivity contribution >= 4 is 23.6 Å². The topological polar surface area (TPSA) is 80.2 Å². The molecule has 1 aliphatic heterocycles. The van der Waals surface area contributed by atoms with Gasteiger partial charge < -0.3 is 10.1 Å². The van der Waals surface area contributed by atoms with Crippen molar-refractivity contribution in [2.75, 3.05) is 37.0 Å². The maximum absolute atomic E-state index is 12.2. The van der Waals surface area contributed by atoms with Gasteiger partial charge in [-0.2, -0.15) is 0 Å². The zero-order chi connectivity index (χ0) is 16.5. The number of allylic oxidation sites excluding steroid dienone is 1. The average molecular weight is 323 g/mol. The predicted molar refractivity (Wildman–Crippen MR) is 90.7 cm³/mol. The van der Waals surface area contributed by atoms with Gasteiger partial charge >= 0.3 is 0 Å². The third-order valence-electron chi connectivity index (χ3n) is 4.14. The molecule has 7 nitrogen and oxygen atoms in total. The lowest BCUT2D eigenvalue weighted by Gasteiger charge is -2.28. The van der Waals surface area contributed by atoms with E-state index in [-0.39, 0.29) is 12.5 Å². The van der Waals surface area contributed by atoms with E-state index in [1.54, 1.807) is 24.4 Å². The van der Waals surface area contributed by atoms with E-state index in [4.69, 9.17) is 4.74 Å². The lowest BCUT2D eigenvalue weighted by molar-refractivity contribution is -0.117. The van der Waals surface area contributed by atoms with E-state index in [1.165, 1.54) is 0 Å². The molecule has 0 saturated carbocycles. The molecule has 1 N–H and O–H groups in total. The molecule has 2 aromatic rings. The molecule has 0 radical (unpaired) electrons. The van der Waals surface area contributed by atoms with Crippen molar-refractivity contribution in [2.24, 2.45) is 0 Å². The molecule has 4 rings (SSSR count). The molecule has 0 unspecified atom stereocenters. The van der Waals surface area contributed by atoms with Gasteiger partial charge in [-0.25, -0.2) is 9.97 Å². The molecule has 0 atom stereocenters. The molecule has 0 bridgehead atoms. The van der Waals surface area contributed by atoms with Crippen molar-refractivity contribution in [3.8, 4) is 11.3 Å². The molecule has 122 valence electrons. The Morgan fingerprint density at radius 1 is 1.33 bits per heavy atom. The molecule has 0 saturated heterocycles. The second-order valence-corrected chi connectivity index (χ2v) is 5.69. The number of fused-ring (bicyclic) bond motifs is 2. The van der Waals surface area contributed by atoms with E-state index in [2.05, 4.69) is 38.5 Å². The highest BCUT2D eigenvalue weighted by atomic mass is 16.5. The standard InChI is InChI=1S/C17H17N5O2/c1-24-6-5-22-15(23)10-20-16-17(22)21-14(9-19-16)12-7-11-3-2-4-13(11)18-8-12/h2-3,7-9H,4-6,10H2,1H3,(H,19,20). The van der Waals surface area contributed by atoms with Gasteiger partial charge in [0.05, 0.1) is 37.3 Å². The number of hydrogen-bond acceptors (Lipinski definition) is 6. The van der Waals surface area contributed by atoms with Crippen molar-refractivity contribution in [2.45, 2.75) is 6.42 Å². The van der Waals surface area contributed by atoms with Crippen LogP contribution in [0.2, 0.25) is 0 Å². The molecule has 0 fully saturated rings. The summed E-state index contributed by atoms with van der Waals surface area (Å²) in [6, 6.07) is 2.06. The van der Waals surface area contributed by atoms with E-state index >= 15 is 0 Å². The third-order valence-corrected chi connectivity index (χ3v) is 4.14. The van der Waals surface area contributed by atoms with Gasteiger partial charge in [-0.05, 0) is 11.6 Å². The Labute approximate surface area is 139 Å². The number of aromatic nitrogens is 3. The largest absolute Gasteiger partial charge is 0.383 e. The minimum absolute atomic E-state index is 0.0407. The van der Waals surface area contributed by atoms with Crippen LogP contribution in [0.3, 0.4) is 0 Å². The number of carbonyl (C=O) groups is 1. The molecule has 0 aromatic carbocycles. The van der Waals surface area contributed by atoms with Gasteiger partial charge in [0, 0.05) is 25.3 Å². The van der Waals surface area contributed by atoms with Crippen molar-refractivity contribution in [1.29, 1.82) is 0 Å². The van der Waals surface area contributed by atoms with Crippen LogP contribution in [0.1, 0.15) is 11.3 Å². The van der Waals surface area contributed by atoms with Crippen LogP contribution in [0.5, 0.6) is 0 Å². The molecule has 3 heterocycles. The van der Waals surface area contributed by atoms with Gasteiger partial charge in [0.25, 0.3) is 0 Å². The number of amides is 1. The van der Waals surface area contributed by atoms with Crippen LogP contribution in [0.4, 0.5) is 11.6 Å². The van der Waals surface area contributed by atoms with Gasteiger partial charge in [-0.15, -0.1) is 0 Å². The number of methoxy groups -OCH3 is 1. The van der Waals surface area contributed by atoms with Crippen LogP contribution < -0.4 is 10.2 Å². The minimum atomic E-state index is -0.0407. The summed E-state index contributed by atoms with van der Waals surface area (Å²) in [5.74, 6) is 1.11. The number of ether oxygens (including phenoxy) is 1. The quantitative estimate of drug-likeness (QED) is 0.919. The molecule has 2 aromatic heterocycles. The first kappa shape index (κ1) is 14.8. The number of nitrogens with zero attached hydrogens (tertiary/aromatic N) is 4. The Bertz CT molecular complexity index is 834. The SMILES string of the molecule is COCCN1C(=O)CNc2ncc(-c3cnc4c(c3)C=CC4)nc21. The first-order valence-corrected chi connectivity index (χ1v) is 7.82. The Morgan fingerprint density at radius 3 is 3.12 bits per heavy atom. The molecule has 1 aliphatic carbocycles. The normalized spacial score (nSPS) is 15.2. The fourth-order valence-electron chi connectivity index (χ4n) is 2.88. The van der Waals surface area contributed by atoms with Crippen molar-refractivity contribution in [3.05, 3.63) is 35.8 Å². The smallest absolute Gasteiger partial charge is 0.247 e. The Balaban J connectivity index is 1.72. The zero-order valence-electron chi connectivity index (χ0n) is 13.3. The second kappa shape index (κ2) is 6.01. The van der Waals surface area contributed by atoms with Crippen LogP contribution >= 0.6 is 0 Å². The summed E-state index contributed by atoms with van der Waals surface area (Å²) in [7, 11) is 1.61. The first-order chi connectivity index (χ1) is 11.8. The zero-order valence-corrected chi connectivity index (χ0v) is 13.3. The minimum Gasteiger partial charge on any atom is -0.383 e. The highest BCUT2D eigenvalue weighted by molar-refractivity contribution is 6.00. The van der Waals surface area contributed by atoms with E-state index < -0.39 is 0 Å². The Hall–Kier alpha value is -2.80. The maximum atomic E-state index is 12.2. The van der Waals surface area contributed by atoms with Gasteiger partial charge in [0.1, 0.15) is 0 Å². The number of nitrogens with one attached hydrogen (secondary N) is 1. The molecule has 7 heteroatoms. The number of rotatable bonds is 4. The lowest BCUT2D eigenvalue weighted by Crippen LogP contribution is -2.42. The third kappa shape index (κ3) is 2.52. The van der Waals surface area contributed by atoms with Crippen molar-refractivity contribution in [3.63, 3.8) is 0 Å². The summed E-state index contributed by atoms with van der Waals surface area (Å²) in [6.45, 7) is 1.12. The van der Waals surface area contributed by atoms with Crippen molar-refractivity contribution < 1.29 is 9.53 Å². The van der Waals surface area contributed by atoms with Crippen molar-refractivity contribution in [1.82, 2.24) is 15.0 Å². The van der Waals surface area contributed by atoms with Gasteiger partial charge in [0.2, 0.25) is 5.91 Å². The van der Waals surface area contributed by atoms with Crippen LogP contribution in [-0.2, 0) is 16.0 Å². The van der Waals surface area contributed by atoms with Gasteiger partial charge in [-0.1, -0.05) is 12.2 Å². The summed E-state index contributed by atoms with van der Waals surface area (Å²) in [5, 5.41) is 3.01. The summed E-state index contributed by atoms with van der Waals surface area (Å²) in [6.07, 6.45) is 8.54. The van der Waals surface area contributed by atoms with Crippen LogP contribution in [-0.4, -0.2) is 47.7 Å². The predicted octanol–water partition coefficient (Wildman–Crippen LogP) is 1.51. The van der Waals surface area contributed by atoms with Gasteiger partial charge in [0.15, 0.2) is 11.6 Å². The Morgan fingerprint density at radius 2 is 2.25 bits per heavy atom. The molecular formula is C17H17N5O2. The fourth-order valence-corrected chi connectivity index (χ4v) is 2.88. The first-order valence-electron chi connectivity index (χ1n) is 7.82. The summed E-state index contributed by atoms with van der Waals surface area (Å²) >= 11 is 0. The van der Waals surface area contributed by atoms with E-state index in [0.717, 1.165) is 23.2 Å². The van der Waals surface area contributed by atoms with Gasteiger partial charge in [-0.3, -0.25) is 14.7 Å². The summed E-state index contributed by atoms with van der Waals surface area (Å²) in [4.78, 5) is 27.4. The Kier molecular flexibility index (Phi) is 3.70. The fraction of sp³-hybridized carbons (Fsp3) is 0.294. The van der Waals surface area contributed by atoms with Crippen LogP contribution in [0, 0.1) is 0 Å². The summed E-state index contributed by atoms with van der Waals surface area (Å²) in [5.41, 5.74) is 3.77. The van der Waals surface area contributed by atoms with Crippen LogP contribution in [0.25, 0.3) is 17.3 Å². The molecular weight excluding hydrogens is 306 g/mol. The lowest BCUT2D eigenvalue weighted by atomic mass is 10.1. The van der Waals surface area contributed by atoms with E-state index in [0.29, 0.717) is 30.5 Å². The van der Waals surface area contributed by atoms with E-state index in [1.807, 2.05) is 0 Å². The number of carbonyl (C=O) groups excluding carboxylic acids is 1. The van der Waals surface area contributed by atoms with E-state index in [9.17, 15) is 4.79 Å². The van der Waals surface area contributed by atoms with Crippen LogP contribution in [0.15, 0.2) is 24.5 Å². The number of hydrogen-bond donors (Lipinski definition) is 1. The number of anilines is 2. The molecule has 2 aliphatic rings. The summed E-state index contributed by atoms with van der Waals surface area (Å²) < 4.78 is 5.09. The number of pyridine rings is 1. The molecule has 1 amide bonds. The highest BCUT2D eigenvalue weighted by Crippen LogP contribution is 2.29. The molecule has 0 spiro atoms. The molecule has 24 heavy (non-hydrogen) atoms. The highest BCUT2D eigenvalue weighted by Gasteiger charge is 2.26. The second-order valence-electron chi connectivity index (χ2n) is 5.69.